The summed E-state index contributed by atoms with van der Waals surface area (Å²) < 4.78 is 2.76. The van der Waals surface area contributed by atoms with Gasteiger partial charge in [-0.1, -0.05) is 73.3 Å². The SMILES string of the molecule is C=CCn1c(=O)n(CC(O)CC(C)(CC)CC)c(=O)n(CC(O)CC(C)(CC)CCC)c1=O. The van der Waals surface area contributed by atoms with Crippen LogP contribution in [-0.2, 0) is 19.6 Å². The highest BCUT2D eigenvalue weighted by atomic mass is 16.3. The molecule has 33 heavy (non-hydrogen) atoms. The smallest absolute Gasteiger partial charge is 0.336 e. The van der Waals surface area contributed by atoms with Gasteiger partial charge in [0.05, 0.1) is 31.8 Å². The van der Waals surface area contributed by atoms with E-state index in [0.717, 1.165) is 45.8 Å². The zero-order valence-electron chi connectivity index (χ0n) is 21.5. The molecule has 1 aromatic heterocycles. The average Bonchev–Trinajstić information content (AvgIpc) is 2.77. The molecule has 0 fully saturated rings. The van der Waals surface area contributed by atoms with Gasteiger partial charge in [-0.3, -0.25) is 0 Å². The molecule has 0 aliphatic rings. The predicted molar refractivity (Wildman–Crippen MR) is 133 cm³/mol. The maximum Gasteiger partial charge on any atom is 0.336 e. The lowest BCUT2D eigenvalue weighted by Gasteiger charge is -2.30. The van der Waals surface area contributed by atoms with Crippen molar-refractivity contribution in [2.75, 3.05) is 0 Å². The Bertz CT molecular complexity index is 941. The highest BCUT2D eigenvalue weighted by Gasteiger charge is 2.28. The summed E-state index contributed by atoms with van der Waals surface area (Å²) >= 11 is 0. The molecule has 0 aliphatic heterocycles. The second-order valence-electron chi connectivity index (χ2n) is 10.1. The van der Waals surface area contributed by atoms with Crippen molar-refractivity contribution in [1.82, 2.24) is 13.7 Å². The average molecular weight is 468 g/mol. The first-order valence-electron chi connectivity index (χ1n) is 12.3. The predicted octanol–water partition coefficient (Wildman–Crippen LogP) is 2.90. The van der Waals surface area contributed by atoms with Gasteiger partial charge in [0.1, 0.15) is 0 Å². The zero-order valence-corrected chi connectivity index (χ0v) is 21.5. The minimum absolute atomic E-state index is 0.0612. The Hall–Kier alpha value is -1.93. The molecule has 8 heteroatoms. The van der Waals surface area contributed by atoms with Crippen molar-refractivity contribution in [3.63, 3.8) is 0 Å². The highest BCUT2D eigenvalue weighted by Crippen LogP contribution is 2.33. The van der Waals surface area contributed by atoms with Gasteiger partial charge >= 0.3 is 17.1 Å². The van der Waals surface area contributed by atoms with Crippen molar-refractivity contribution in [3.8, 4) is 0 Å². The number of hydrogen-bond donors (Lipinski definition) is 2. The summed E-state index contributed by atoms with van der Waals surface area (Å²) in [5, 5.41) is 21.5. The van der Waals surface area contributed by atoms with Crippen LogP contribution >= 0.6 is 0 Å². The van der Waals surface area contributed by atoms with E-state index in [1.54, 1.807) is 0 Å². The van der Waals surface area contributed by atoms with E-state index in [4.69, 9.17) is 0 Å². The van der Waals surface area contributed by atoms with Crippen LogP contribution in [0, 0.1) is 10.8 Å². The van der Waals surface area contributed by atoms with E-state index in [1.807, 2.05) is 13.8 Å². The van der Waals surface area contributed by atoms with Crippen LogP contribution in [0.3, 0.4) is 0 Å². The molecule has 2 N–H and O–H groups in total. The molecule has 1 rings (SSSR count). The van der Waals surface area contributed by atoms with Crippen LogP contribution in [0.5, 0.6) is 0 Å². The maximum absolute atomic E-state index is 13.2. The standard InChI is InChI=1S/C25H45N3O5/c1-8-13-25(7,12-5)16-20(30)18-28-22(32)26(14-9-2)21(31)27(23(28)33)17-19(29)15-24(6,10-3)11-4/h9,19-20,29-30H,2,8,10-18H2,1,3-7H3. The lowest BCUT2D eigenvalue weighted by molar-refractivity contribution is 0.0747. The van der Waals surface area contributed by atoms with Crippen molar-refractivity contribution >= 4 is 0 Å². The molecule has 3 atom stereocenters. The van der Waals surface area contributed by atoms with Crippen LogP contribution in [-0.4, -0.2) is 36.1 Å². The van der Waals surface area contributed by atoms with Gasteiger partial charge in [-0.15, -0.1) is 6.58 Å². The van der Waals surface area contributed by atoms with Gasteiger partial charge in [0.25, 0.3) is 0 Å². The number of hydrogen-bond acceptors (Lipinski definition) is 5. The minimum atomic E-state index is -0.915. The lowest BCUT2D eigenvalue weighted by Crippen LogP contribution is -2.56. The number of aromatic nitrogens is 3. The number of rotatable bonds is 15. The van der Waals surface area contributed by atoms with E-state index in [2.05, 4.69) is 34.3 Å². The Morgan fingerprint density at radius 3 is 1.55 bits per heavy atom. The largest absolute Gasteiger partial charge is 0.391 e. The second kappa shape index (κ2) is 12.5. The van der Waals surface area contributed by atoms with E-state index in [-0.39, 0.29) is 30.5 Å². The van der Waals surface area contributed by atoms with Crippen LogP contribution in [0.4, 0.5) is 0 Å². The molecule has 0 spiro atoms. The summed E-state index contributed by atoms with van der Waals surface area (Å²) in [7, 11) is 0. The molecular formula is C25H45N3O5. The molecule has 0 radical (unpaired) electrons. The molecule has 0 aromatic carbocycles. The molecule has 0 bridgehead atoms. The van der Waals surface area contributed by atoms with Crippen molar-refractivity contribution in [2.24, 2.45) is 10.8 Å². The number of aliphatic hydroxyl groups is 2. The van der Waals surface area contributed by atoms with Gasteiger partial charge in [0, 0.05) is 0 Å². The third-order valence-corrected chi connectivity index (χ3v) is 7.35. The molecule has 0 amide bonds. The van der Waals surface area contributed by atoms with Crippen molar-refractivity contribution in [2.45, 2.75) is 118 Å². The lowest BCUT2D eigenvalue weighted by atomic mass is 9.78. The van der Waals surface area contributed by atoms with Crippen LogP contribution in [0.2, 0.25) is 0 Å². The molecule has 1 heterocycles. The fourth-order valence-corrected chi connectivity index (χ4v) is 4.53. The van der Waals surface area contributed by atoms with Crippen molar-refractivity contribution < 1.29 is 10.2 Å². The molecule has 190 valence electrons. The van der Waals surface area contributed by atoms with E-state index in [0.29, 0.717) is 12.8 Å². The summed E-state index contributed by atoms with van der Waals surface area (Å²) in [6, 6.07) is 0. The molecule has 0 saturated carbocycles. The van der Waals surface area contributed by atoms with Gasteiger partial charge < -0.3 is 10.2 Å². The van der Waals surface area contributed by atoms with Crippen LogP contribution in [0.15, 0.2) is 27.0 Å². The minimum Gasteiger partial charge on any atom is -0.391 e. The van der Waals surface area contributed by atoms with E-state index in [9.17, 15) is 24.6 Å². The Balaban J connectivity index is 3.39. The highest BCUT2D eigenvalue weighted by molar-refractivity contribution is 4.86. The third kappa shape index (κ3) is 7.54. The number of allylic oxidation sites excluding steroid dienone is 1. The van der Waals surface area contributed by atoms with Crippen LogP contribution in [0.25, 0.3) is 0 Å². The Morgan fingerprint density at radius 1 is 0.788 bits per heavy atom. The van der Waals surface area contributed by atoms with Crippen LogP contribution < -0.4 is 17.1 Å². The fraction of sp³-hybridized carbons (Fsp3) is 0.800. The van der Waals surface area contributed by atoms with Gasteiger partial charge in [-0.25, -0.2) is 28.1 Å². The van der Waals surface area contributed by atoms with Gasteiger partial charge in [-0.2, -0.15) is 0 Å². The second-order valence-corrected chi connectivity index (χ2v) is 10.1. The number of nitrogens with zero attached hydrogens (tertiary/aromatic N) is 3. The first-order valence-corrected chi connectivity index (χ1v) is 12.3. The summed E-state index contributed by atoms with van der Waals surface area (Å²) in [5.74, 6) is 0. The summed E-state index contributed by atoms with van der Waals surface area (Å²) in [5.41, 5.74) is -2.55. The van der Waals surface area contributed by atoms with Gasteiger partial charge in [-0.05, 0) is 30.1 Å². The Kier molecular flexibility index (Phi) is 11.0. The van der Waals surface area contributed by atoms with Crippen molar-refractivity contribution in [3.05, 3.63) is 44.1 Å². The molecule has 3 unspecified atom stereocenters. The zero-order chi connectivity index (χ0) is 25.4. The molecule has 1 aromatic rings. The Labute approximate surface area is 197 Å². The Morgan fingerprint density at radius 2 is 1.18 bits per heavy atom. The topological polar surface area (TPSA) is 106 Å². The molecular weight excluding hydrogens is 422 g/mol. The first-order chi connectivity index (χ1) is 15.4. The number of aliphatic hydroxyl groups excluding tert-OH is 2. The maximum atomic E-state index is 13.2. The van der Waals surface area contributed by atoms with Gasteiger partial charge in [0.2, 0.25) is 0 Å². The summed E-state index contributed by atoms with van der Waals surface area (Å²) in [6.45, 7) is 15.5. The van der Waals surface area contributed by atoms with E-state index >= 15 is 0 Å². The van der Waals surface area contributed by atoms with Crippen molar-refractivity contribution in [1.29, 1.82) is 0 Å². The van der Waals surface area contributed by atoms with E-state index < -0.39 is 29.3 Å². The first kappa shape index (κ1) is 29.1. The molecule has 0 aliphatic carbocycles. The summed E-state index contributed by atoms with van der Waals surface area (Å²) in [4.78, 5) is 39.0. The van der Waals surface area contributed by atoms with Gasteiger partial charge in [0.15, 0.2) is 0 Å². The molecule has 8 nitrogen and oxygen atoms in total. The monoisotopic (exact) mass is 467 g/mol. The van der Waals surface area contributed by atoms with Crippen LogP contribution in [0.1, 0.15) is 86.5 Å². The molecule has 0 saturated heterocycles. The normalized spacial score (nSPS) is 15.8. The van der Waals surface area contributed by atoms with E-state index in [1.165, 1.54) is 6.08 Å². The third-order valence-electron chi connectivity index (χ3n) is 7.35. The summed E-state index contributed by atoms with van der Waals surface area (Å²) in [6.07, 6.45) is 4.94. The fourth-order valence-electron chi connectivity index (χ4n) is 4.53. The quantitative estimate of drug-likeness (QED) is 0.386.